The van der Waals surface area contributed by atoms with E-state index in [0.717, 1.165) is 43.2 Å². The predicted octanol–water partition coefficient (Wildman–Crippen LogP) is 11.6. The van der Waals surface area contributed by atoms with E-state index in [9.17, 15) is 18.0 Å². The summed E-state index contributed by atoms with van der Waals surface area (Å²) >= 11 is 12.4. The summed E-state index contributed by atoms with van der Waals surface area (Å²) in [4.78, 5) is 14.5. The molecule has 12 heteroatoms. The van der Waals surface area contributed by atoms with Crippen LogP contribution in [0.25, 0.3) is 0 Å². The number of hydrogen-bond acceptors (Lipinski definition) is 6. The standard InChI is InChI=1S/C41H56Cl2F3NO5Si/c1-38(2,3)51-37(48)16-12-10-11-15-36(40(49-6,41(44,45)46)52-53(7,8)9)50-35-27-17-30(18-28-35)14-13-29-47(5)39(4,31-19-23-33(42)24-20-31)32-21-25-34(43)26-22-32/h17-28,36H,10-16,29H2,1-9H3. The second kappa shape index (κ2) is 18.8. The Bertz CT molecular complexity index is 1530. The van der Waals surface area contributed by atoms with E-state index < -0.39 is 37.5 Å². The molecule has 2 atom stereocenters. The first-order chi connectivity index (χ1) is 24.6. The summed E-state index contributed by atoms with van der Waals surface area (Å²) in [6.07, 6.45) is -3.27. The summed E-state index contributed by atoms with van der Waals surface area (Å²) < 4.78 is 67.3. The highest BCUT2D eigenvalue weighted by Crippen LogP contribution is 2.43. The number of rotatable bonds is 19. The highest BCUT2D eigenvalue weighted by Gasteiger charge is 2.64. The van der Waals surface area contributed by atoms with Crippen molar-refractivity contribution in [2.75, 3.05) is 20.7 Å². The fourth-order valence-electron chi connectivity index (χ4n) is 6.34. The van der Waals surface area contributed by atoms with Gasteiger partial charge >= 0.3 is 12.1 Å². The van der Waals surface area contributed by atoms with Gasteiger partial charge in [0, 0.05) is 23.6 Å². The SMILES string of the molecule is COC(O[Si](C)(C)C)(C(CCCCCC(=O)OC(C)(C)C)Oc1ccc(CCCN(C)C(C)(c2ccc(Cl)cc2)c2ccc(Cl)cc2)cc1)C(F)(F)F. The van der Waals surface area contributed by atoms with Gasteiger partial charge in [0.25, 0.3) is 5.79 Å². The number of alkyl halides is 3. The van der Waals surface area contributed by atoms with Crippen molar-refractivity contribution in [2.24, 2.45) is 0 Å². The number of methoxy groups -OCH3 is 1. The molecule has 0 radical (unpaired) electrons. The van der Waals surface area contributed by atoms with Gasteiger partial charge in [0.15, 0.2) is 14.4 Å². The first-order valence-corrected chi connectivity index (χ1v) is 22.3. The summed E-state index contributed by atoms with van der Waals surface area (Å²) in [5, 5.41) is 1.33. The van der Waals surface area contributed by atoms with Gasteiger partial charge in [-0.2, -0.15) is 13.2 Å². The van der Waals surface area contributed by atoms with Gasteiger partial charge < -0.3 is 18.6 Å². The van der Waals surface area contributed by atoms with Gasteiger partial charge in [0.1, 0.15) is 11.4 Å². The van der Waals surface area contributed by atoms with Gasteiger partial charge in [0.2, 0.25) is 0 Å². The van der Waals surface area contributed by atoms with Gasteiger partial charge in [-0.3, -0.25) is 9.69 Å². The third-order valence-corrected chi connectivity index (χ3v) is 10.5. The number of carbonyl (C=O) groups is 1. The normalized spacial score (nSPS) is 14.5. The van der Waals surface area contributed by atoms with Crippen molar-refractivity contribution in [1.29, 1.82) is 0 Å². The molecule has 0 aliphatic heterocycles. The Balaban J connectivity index is 1.74. The molecule has 3 aromatic rings. The Morgan fingerprint density at radius 1 is 0.792 bits per heavy atom. The zero-order valence-corrected chi connectivity index (χ0v) is 35.1. The maximum absolute atomic E-state index is 14.9. The van der Waals surface area contributed by atoms with Gasteiger partial charge in [0.05, 0.1) is 5.54 Å². The average molecular weight is 799 g/mol. The number of nitrogens with zero attached hydrogens (tertiary/aromatic N) is 1. The Hall–Kier alpha value is -2.60. The van der Waals surface area contributed by atoms with Gasteiger partial charge in [-0.05, 0) is 146 Å². The molecule has 3 aromatic carbocycles. The number of ether oxygens (including phenoxy) is 3. The first-order valence-electron chi connectivity index (χ1n) is 18.1. The second-order valence-corrected chi connectivity index (χ2v) is 20.9. The Morgan fingerprint density at radius 2 is 1.32 bits per heavy atom. The van der Waals surface area contributed by atoms with E-state index in [2.05, 4.69) is 18.9 Å². The van der Waals surface area contributed by atoms with E-state index in [0.29, 0.717) is 29.3 Å². The Kier molecular flexibility index (Phi) is 15.9. The molecule has 0 saturated carbocycles. The van der Waals surface area contributed by atoms with Crippen LogP contribution in [-0.2, 0) is 30.7 Å². The summed E-state index contributed by atoms with van der Waals surface area (Å²) in [5.41, 5.74) is 2.15. The highest BCUT2D eigenvalue weighted by atomic mass is 35.5. The van der Waals surface area contributed by atoms with Crippen LogP contribution in [0.3, 0.4) is 0 Å². The van der Waals surface area contributed by atoms with Crippen molar-refractivity contribution in [3.05, 3.63) is 99.5 Å². The van der Waals surface area contributed by atoms with Crippen molar-refractivity contribution in [3.63, 3.8) is 0 Å². The number of aryl methyl sites for hydroxylation is 1. The average Bonchev–Trinajstić information content (AvgIpc) is 3.05. The molecule has 0 saturated heterocycles. The Labute approximate surface area is 325 Å². The molecule has 3 rings (SSSR count). The minimum Gasteiger partial charge on any atom is -0.484 e. The number of benzene rings is 3. The van der Waals surface area contributed by atoms with Crippen LogP contribution < -0.4 is 4.74 Å². The van der Waals surface area contributed by atoms with Crippen molar-refractivity contribution in [2.45, 2.75) is 121 Å². The maximum atomic E-state index is 14.9. The van der Waals surface area contributed by atoms with Crippen LogP contribution in [0.1, 0.15) is 82.9 Å². The largest absolute Gasteiger partial charge is 0.484 e. The van der Waals surface area contributed by atoms with Crippen LogP contribution in [0.2, 0.25) is 29.7 Å². The van der Waals surface area contributed by atoms with Crippen LogP contribution in [0.5, 0.6) is 5.75 Å². The molecular formula is C41H56Cl2F3NO5Si. The summed E-state index contributed by atoms with van der Waals surface area (Å²) in [7, 11) is 0.305. The third-order valence-electron chi connectivity index (χ3n) is 9.08. The molecule has 6 nitrogen and oxygen atoms in total. The monoisotopic (exact) mass is 797 g/mol. The molecule has 53 heavy (non-hydrogen) atoms. The number of halogens is 5. The van der Waals surface area contributed by atoms with Crippen molar-refractivity contribution in [3.8, 4) is 5.75 Å². The first kappa shape index (κ1) is 44.8. The molecule has 0 spiro atoms. The van der Waals surface area contributed by atoms with Crippen LogP contribution >= 0.6 is 23.2 Å². The molecule has 294 valence electrons. The zero-order chi connectivity index (χ0) is 39.7. The quantitative estimate of drug-likeness (QED) is 0.0521. The van der Waals surface area contributed by atoms with E-state index in [-0.39, 0.29) is 24.6 Å². The lowest BCUT2D eigenvalue weighted by Crippen LogP contribution is -2.63. The van der Waals surface area contributed by atoms with Gasteiger partial charge in [-0.1, -0.05) is 66.0 Å². The molecule has 0 N–H and O–H groups in total. The second-order valence-electron chi connectivity index (χ2n) is 15.6. The lowest BCUT2D eigenvalue weighted by molar-refractivity contribution is -0.374. The molecule has 0 bridgehead atoms. The van der Waals surface area contributed by atoms with E-state index in [1.807, 2.05) is 60.7 Å². The van der Waals surface area contributed by atoms with E-state index in [1.165, 1.54) is 0 Å². The van der Waals surface area contributed by atoms with Crippen molar-refractivity contribution in [1.82, 2.24) is 4.90 Å². The van der Waals surface area contributed by atoms with Crippen molar-refractivity contribution < 1.29 is 36.6 Å². The third kappa shape index (κ3) is 13.0. The minimum absolute atomic E-state index is 0.000240. The molecule has 0 amide bonds. The van der Waals surface area contributed by atoms with Crippen LogP contribution in [0.15, 0.2) is 72.8 Å². The van der Waals surface area contributed by atoms with Gasteiger partial charge in [-0.15, -0.1) is 0 Å². The summed E-state index contributed by atoms with van der Waals surface area (Å²) in [6.45, 7) is 13.4. The molecule has 0 aliphatic rings. The zero-order valence-electron chi connectivity index (χ0n) is 32.5. The number of esters is 1. The fraction of sp³-hybridized carbons (Fsp3) is 0.537. The Morgan fingerprint density at radius 3 is 1.77 bits per heavy atom. The smallest absolute Gasteiger partial charge is 0.446 e. The predicted molar refractivity (Wildman–Crippen MR) is 210 cm³/mol. The highest BCUT2D eigenvalue weighted by molar-refractivity contribution is 6.69. The molecule has 2 unspecified atom stereocenters. The van der Waals surface area contributed by atoms with Crippen molar-refractivity contribution >= 4 is 37.5 Å². The maximum Gasteiger partial charge on any atom is 0.446 e. The molecular weight excluding hydrogens is 742 g/mol. The van der Waals surface area contributed by atoms with E-state index in [4.69, 9.17) is 41.8 Å². The fourth-order valence-corrected chi connectivity index (χ4v) is 7.84. The van der Waals surface area contributed by atoms with E-state index >= 15 is 0 Å². The molecule has 0 fully saturated rings. The molecule has 0 aromatic heterocycles. The minimum atomic E-state index is -4.87. The van der Waals surface area contributed by atoms with Crippen LogP contribution in [0.4, 0.5) is 13.2 Å². The number of unbranched alkanes of at least 4 members (excludes halogenated alkanes) is 2. The number of carbonyl (C=O) groups excluding carboxylic acids is 1. The molecule has 0 heterocycles. The lowest BCUT2D eigenvalue weighted by Gasteiger charge is -2.43. The topological polar surface area (TPSA) is 57.2 Å². The molecule has 0 aliphatic carbocycles. The summed E-state index contributed by atoms with van der Waals surface area (Å²) in [6, 6.07) is 22.9. The summed E-state index contributed by atoms with van der Waals surface area (Å²) in [5.74, 6) is -3.02. The van der Waals surface area contributed by atoms with E-state index in [1.54, 1.807) is 52.5 Å². The van der Waals surface area contributed by atoms with Gasteiger partial charge in [-0.25, -0.2) is 0 Å². The lowest BCUT2D eigenvalue weighted by atomic mass is 9.83. The van der Waals surface area contributed by atoms with Crippen LogP contribution in [-0.4, -0.2) is 63.6 Å². The number of hydrogen-bond donors (Lipinski definition) is 0. The van der Waals surface area contributed by atoms with Crippen LogP contribution in [0, 0.1) is 0 Å².